The van der Waals surface area contributed by atoms with Crippen molar-refractivity contribution < 1.29 is 18.6 Å². The first kappa shape index (κ1) is 21.5. The Labute approximate surface area is 163 Å². The molecule has 0 bridgehead atoms. The fraction of sp³-hybridized carbons (Fsp3) is 0.545. The summed E-state index contributed by atoms with van der Waals surface area (Å²) in [4.78, 5) is -0.0384. The molecule has 0 saturated heterocycles. The van der Waals surface area contributed by atoms with E-state index in [1.165, 1.54) is 11.6 Å². The summed E-state index contributed by atoms with van der Waals surface area (Å²) in [7, 11) is -3.63. The highest BCUT2D eigenvalue weighted by atomic mass is 32.2. The number of phenolic OH excluding ortho intramolecular Hbond substituents is 2. The number of unbranched alkanes of at least 4 members (excludes halogenated alkanes) is 2. The number of hydrogen-bond acceptors (Lipinski definition) is 4. The molecule has 0 heterocycles. The molecule has 0 fully saturated rings. The van der Waals surface area contributed by atoms with Crippen molar-refractivity contribution in [2.45, 2.75) is 70.1 Å². The van der Waals surface area contributed by atoms with Crippen LogP contribution in [0.5, 0.6) is 11.5 Å². The Morgan fingerprint density at radius 2 is 1.96 bits per heavy atom. The van der Waals surface area contributed by atoms with Crippen molar-refractivity contribution in [3.63, 3.8) is 0 Å². The van der Waals surface area contributed by atoms with E-state index in [4.69, 9.17) is 0 Å². The Kier molecular flexibility index (Phi) is 6.79. The largest absolute Gasteiger partial charge is 0.507 e. The van der Waals surface area contributed by atoms with Crippen molar-refractivity contribution in [1.82, 2.24) is 0 Å². The zero-order chi connectivity index (χ0) is 20.4. The van der Waals surface area contributed by atoms with E-state index in [0.29, 0.717) is 17.5 Å². The van der Waals surface area contributed by atoms with Crippen LogP contribution in [0.2, 0.25) is 0 Å². The summed E-state index contributed by atoms with van der Waals surface area (Å²) < 4.78 is 24.9. The first-order chi connectivity index (χ1) is 12.6. The molecule has 150 valence electrons. The monoisotopic (exact) mass is 392 g/mol. The third-order valence-electron chi connectivity index (χ3n) is 5.48. The quantitative estimate of drug-likeness (QED) is 0.491. The molecule has 1 aliphatic rings. The molecule has 0 unspecified atom stereocenters. The molecule has 0 radical (unpaired) electrons. The van der Waals surface area contributed by atoms with Crippen LogP contribution in [0.1, 0.15) is 69.9 Å². The van der Waals surface area contributed by atoms with Crippen molar-refractivity contribution in [3.05, 3.63) is 41.0 Å². The van der Waals surface area contributed by atoms with Crippen molar-refractivity contribution in [1.29, 1.82) is 0 Å². The standard InChI is InChI=1S/C22H32O4S/c1-6-7-8-9-16-13-19(23)20(21(24)22(16)27(5,25)26)18-12-15(4)10-11-17(18)14(2)3/h12-13,17-18,23-24H,2,6-11H2,1,3-5H3/t17-,18+/m0/s1. The Morgan fingerprint density at radius 1 is 1.30 bits per heavy atom. The molecule has 1 aromatic carbocycles. The van der Waals surface area contributed by atoms with Crippen molar-refractivity contribution in [3.8, 4) is 11.5 Å². The van der Waals surface area contributed by atoms with Crippen molar-refractivity contribution >= 4 is 9.84 Å². The van der Waals surface area contributed by atoms with E-state index in [1.54, 1.807) is 0 Å². The summed E-state index contributed by atoms with van der Waals surface area (Å²) >= 11 is 0. The summed E-state index contributed by atoms with van der Waals surface area (Å²) in [5.74, 6) is -0.551. The molecule has 1 aromatic rings. The van der Waals surface area contributed by atoms with E-state index >= 15 is 0 Å². The molecule has 2 atom stereocenters. The number of benzene rings is 1. The van der Waals surface area contributed by atoms with Gasteiger partial charge in [-0.2, -0.15) is 0 Å². The lowest BCUT2D eigenvalue weighted by Gasteiger charge is -2.32. The Balaban J connectivity index is 2.67. The van der Waals surface area contributed by atoms with Crippen LogP contribution >= 0.6 is 0 Å². The van der Waals surface area contributed by atoms with Gasteiger partial charge < -0.3 is 10.2 Å². The zero-order valence-corrected chi connectivity index (χ0v) is 17.7. The van der Waals surface area contributed by atoms with Gasteiger partial charge in [-0.3, -0.25) is 0 Å². The van der Waals surface area contributed by atoms with Crippen LogP contribution in [-0.2, 0) is 16.3 Å². The lowest BCUT2D eigenvalue weighted by Crippen LogP contribution is -2.18. The molecule has 0 aliphatic heterocycles. The number of sulfone groups is 1. The van der Waals surface area contributed by atoms with E-state index in [2.05, 4.69) is 13.5 Å². The molecular weight excluding hydrogens is 360 g/mol. The van der Waals surface area contributed by atoms with Crippen LogP contribution in [0.15, 0.2) is 34.8 Å². The molecule has 5 heteroatoms. The third-order valence-corrected chi connectivity index (χ3v) is 6.68. The van der Waals surface area contributed by atoms with E-state index in [-0.39, 0.29) is 28.2 Å². The molecule has 0 saturated carbocycles. The average molecular weight is 393 g/mol. The van der Waals surface area contributed by atoms with Crippen LogP contribution in [0.4, 0.5) is 0 Å². The van der Waals surface area contributed by atoms with Crippen LogP contribution in [0.3, 0.4) is 0 Å². The Morgan fingerprint density at radius 3 is 2.52 bits per heavy atom. The number of allylic oxidation sites excluding steroid dienone is 3. The van der Waals surface area contributed by atoms with Gasteiger partial charge in [0.1, 0.15) is 16.4 Å². The second kappa shape index (κ2) is 8.51. The van der Waals surface area contributed by atoms with E-state index in [0.717, 1.165) is 43.9 Å². The van der Waals surface area contributed by atoms with Gasteiger partial charge in [-0.25, -0.2) is 8.42 Å². The Hall–Kier alpha value is -1.75. The summed E-state index contributed by atoms with van der Waals surface area (Å²) in [6, 6.07) is 1.54. The summed E-state index contributed by atoms with van der Waals surface area (Å²) in [5.41, 5.74) is 2.94. The third kappa shape index (κ3) is 4.75. The molecule has 4 nitrogen and oxygen atoms in total. The number of rotatable bonds is 7. The number of hydrogen-bond donors (Lipinski definition) is 2. The van der Waals surface area contributed by atoms with E-state index in [9.17, 15) is 18.6 Å². The molecule has 0 spiro atoms. The van der Waals surface area contributed by atoms with E-state index in [1.807, 2.05) is 19.9 Å². The zero-order valence-electron chi connectivity index (χ0n) is 16.9. The molecule has 1 aliphatic carbocycles. The highest BCUT2D eigenvalue weighted by Crippen LogP contribution is 2.49. The SMILES string of the molecule is C=C(C)[C@@H]1CCC(C)=C[C@H]1c1c(O)cc(CCCCC)c(S(C)(=O)=O)c1O. The lowest BCUT2D eigenvalue weighted by atomic mass is 9.73. The van der Waals surface area contributed by atoms with Gasteiger partial charge in [0.25, 0.3) is 0 Å². The normalized spacial score (nSPS) is 20.4. The lowest BCUT2D eigenvalue weighted by molar-refractivity contribution is 0.397. The molecule has 0 aromatic heterocycles. The smallest absolute Gasteiger partial charge is 0.179 e. The van der Waals surface area contributed by atoms with Gasteiger partial charge >= 0.3 is 0 Å². The van der Waals surface area contributed by atoms with Gasteiger partial charge in [0.15, 0.2) is 9.84 Å². The average Bonchev–Trinajstić information content (AvgIpc) is 2.53. The fourth-order valence-corrected chi connectivity index (χ4v) is 5.20. The van der Waals surface area contributed by atoms with Gasteiger partial charge in [-0.15, -0.1) is 0 Å². The van der Waals surface area contributed by atoms with Crippen LogP contribution in [-0.4, -0.2) is 24.9 Å². The summed E-state index contributed by atoms with van der Waals surface area (Å²) in [6.45, 7) is 10.1. The number of aromatic hydroxyl groups is 2. The summed E-state index contributed by atoms with van der Waals surface area (Å²) in [6.07, 6.45) is 8.25. The van der Waals surface area contributed by atoms with Crippen LogP contribution in [0, 0.1) is 5.92 Å². The fourth-order valence-electron chi connectivity index (χ4n) is 4.10. The second-order valence-corrected chi connectivity index (χ2v) is 9.86. The highest BCUT2D eigenvalue weighted by molar-refractivity contribution is 7.90. The molecule has 2 rings (SSSR count). The highest BCUT2D eigenvalue weighted by Gasteiger charge is 2.33. The van der Waals surface area contributed by atoms with Gasteiger partial charge in [0, 0.05) is 17.7 Å². The predicted molar refractivity (Wildman–Crippen MR) is 110 cm³/mol. The van der Waals surface area contributed by atoms with Crippen molar-refractivity contribution in [2.75, 3.05) is 6.26 Å². The first-order valence-electron chi connectivity index (χ1n) is 9.68. The first-order valence-corrected chi connectivity index (χ1v) is 11.6. The topological polar surface area (TPSA) is 74.6 Å². The molecule has 2 N–H and O–H groups in total. The maximum absolute atomic E-state index is 12.5. The maximum atomic E-state index is 12.5. The number of phenols is 2. The van der Waals surface area contributed by atoms with Gasteiger partial charge in [-0.1, -0.05) is 43.6 Å². The van der Waals surface area contributed by atoms with Crippen molar-refractivity contribution in [2.24, 2.45) is 5.92 Å². The van der Waals surface area contributed by atoms with Gasteiger partial charge in [0.2, 0.25) is 0 Å². The second-order valence-electron chi connectivity index (χ2n) is 7.91. The van der Waals surface area contributed by atoms with Gasteiger partial charge in [-0.05, 0) is 57.1 Å². The van der Waals surface area contributed by atoms with Gasteiger partial charge in [0.05, 0.1) is 0 Å². The van der Waals surface area contributed by atoms with Crippen LogP contribution < -0.4 is 0 Å². The minimum atomic E-state index is -3.63. The molecular formula is C22H32O4S. The molecule has 27 heavy (non-hydrogen) atoms. The Bertz CT molecular complexity index is 850. The van der Waals surface area contributed by atoms with Crippen LogP contribution in [0.25, 0.3) is 0 Å². The minimum Gasteiger partial charge on any atom is -0.507 e. The maximum Gasteiger partial charge on any atom is 0.179 e. The number of aryl methyl sites for hydroxylation is 1. The van der Waals surface area contributed by atoms with E-state index < -0.39 is 9.84 Å². The molecule has 0 amide bonds. The summed E-state index contributed by atoms with van der Waals surface area (Å²) in [5, 5.41) is 21.7. The minimum absolute atomic E-state index is 0.0337. The predicted octanol–water partition coefficient (Wildman–Crippen LogP) is 5.25.